The summed E-state index contributed by atoms with van der Waals surface area (Å²) in [4.78, 5) is 0. The maximum absolute atomic E-state index is 5.94. The summed E-state index contributed by atoms with van der Waals surface area (Å²) in [5.41, 5.74) is 0.730. The highest BCUT2D eigenvalue weighted by Gasteiger charge is 2.06. The van der Waals surface area contributed by atoms with E-state index in [2.05, 4.69) is 10.2 Å². The van der Waals surface area contributed by atoms with Crippen LogP contribution in [0.5, 0.6) is 0 Å². The van der Waals surface area contributed by atoms with Crippen LogP contribution in [0.4, 0.5) is 0 Å². The van der Waals surface area contributed by atoms with Crippen LogP contribution in [0, 0.1) is 0 Å². The van der Waals surface area contributed by atoms with Crippen molar-refractivity contribution in [2.75, 3.05) is 6.26 Å². The smallest absolute Gasteiger partial charge is 0.179 e. The summed E-state index contributed by atoms with van der Waals surface area (Å²) < 4.78 is 1.92. The van der Waals surface area contributed by atoms with Crippen LogP contribution < -0.4 is 0 Å². The summed E-state index contributed by atoms with van der Waals surface area (Å²) in [6, 6.07) is 3.71. The Kier molecular flexibility index (Phi) is 2.42. The zero-order valence-electron chi connectivity index (χ0n) is 7.07. The number of nitrogens with zero attached hydrogens (tertiary/aromatic N) is 3. The van der Waals surface area contributed by atoms with E-state index in [4.69, 9.17) is 11.6 Å². The lowest BCUT2D eigenvalue weighted by molar-refractivity contribution is 0.991. The topological polar surface area (TPSA) is 30.2 Å². The van der Waals surface area contributed by atoms with Crippen molar-refractivity contribution in [2.24, 2.45) is 0 Å². The molecule has 0 saturated carbocycles. The summed E-state index contributed by atoms with van der Waals surface area (Å²) in [5.74, 6) is 1.78. The van der Waals surface area contributed by atoms with Gasteiger partial charge in [-0.2, -0.15) is 11.8 Å². The van der Waals surface area contributed by atoms with Gasteiger partial charge < -0.3 is 0 Å². The summed E-state index contributed by atoms with van der Waals surface area (Å²) in [6.45, 7) is 0. The first-order valence-corrected chi connectivity index (χ1v) is 5.57. The van der Waals surface area contributed by atoms with Crippen molar-refractivity contribution in [2.45, 2.75) is 5.75 Å². The third-order valence-electron chi connectivity index (χ3n) is 1.73. The van der Waals surface area contributed by atoms with Gasteiger partial charge in [0.15, 0.2) is 5.65 Å². The van der Waals surface area contributed by atoms with Gasteiger partial charge in [-0.1, -0.05) is 11.6 Å². The molecular weight excluding hydrogens is 206 g/mol. The molecule has 2 heterocycles. The van der Waals surface area contributed by atoms with Gasteiger partial charge in [-0.3, -0.25) is 4.40 Å². The molecular formula is C8H8ClN3S. The number of hydrogen-bond donors (Lipinski definition) is 0. The number of aromatic nitrogens is 3. The van der Waals surface area contributed by atoms with Gasteiger partial charge in [0.05, 0.1) is 10.8 Å². The second kappa shape index (κ2) is 3.55. The molecule has 2 rings (SSSR count). The normalized spacial score (nSPS) is 10.9. The van der Waals surface area contributed by atoms with E-state index >= 15 is 0 Å². The van der Waals surface area contributed by atoms with Crippen LogP contribution in [0.25, 0.3) is 5.65 Å². The molecule has 0 amide bonds. The fourth-order valence-corrected chi connectivity index (χ4v) is 1.82. The first-order valence-electron chi connectivity index (χ1n) is 3.80. The van der Waals surface area contributed by atoms with Crippen LogP contribution in [0.1, 0.15) is 5.82 Å². The lowest BCUT2D eigenvalue weighted by Crippen LogP contribution is -1.91. The number of fused-ring (bicyclic) bond motifs is 1. The molecule has 0 aliphatic carbocycles. The van der Waals surface area contributed by atoms with Gasteiger partial charge >= 0.3 is 0 Å². The van der Waals surface area contributed by atoms with Crippen LogP contribution >= 0.6 is 23.4 Å². The Hall–Kier alpha value is -0.740. The third kappa shape index (κ3) is 1.51. The molecule has 13 heavy (non-hydrogen) atoms. The predicted molar refractivity (Wildman–Crippen MR) is 55.2 cm³/mol. The number of rotatable bonds is 2. The highest BCUT2D eigenvalue weighted by Crippen LogP contribution is 2.16. The molecule has 0 radical (unpaired) electrons. The summed E-state index contributed by atoms with van der Waals surface area (Å²) in [5, 5.41) is 8.70. The van der Waals surface area contributed by atoms with Crippen LogP contribution in [-0.4, -0.2) is 20.9 Å². The molecule has 0 aromatic carbocycles. The lowest BCUT2D eigenvalue weighted by Gasteiger charge is -1.97. The minimum Gasteiger partial charge on any atom is -0.284 e. The molecule has 0 atom stereocenters. The molecule has 0 saturated heterocycles. The average molecular weight is 214 g/mol. The van der Waals surface area contributed by atoms with Gasteiger partial charge in [-0.25, -0.2) is 0 Å². The van der Waals surface area contributed by atoms with Gasteiger partial charge in [0.25, 0.3) is 0 Å². The summed E-state index contributed by atoms with van der Waals surface area (Å²) >= 11 is 7.65. The molecule has 2 aromatic rings. The molecule has 0 N–H and O–H groups in total. The van der Waals surface area contributed by atoms with Gasteiger partial charge in [-0.05, 0) is 18.4 Å². The Morgan fingerprint density at radius 3 is 3.15 bits per heavy atom. The molecule has 0 fully saturated rings. The van der Waals surface area contributed by atoms with E-state index in [1.807, 2.05) is 29.0 Å². The van der Waals surface area contributed by atoms with Crippen LogP contribution in [0.15, 0.2) is 18.3 Å². The Labute approximate surface area is 85.1 Å². The van der Waals surface area contributed by atoms with E-state index in [0.29, 0.717) is 5.02 Å². The van der Waals surface area contributed by atoms with E-state index < -0.39 is 0 Å². The van der Waals surface area contributed by atoms with Gasteiger partial charge in [0, 0.05) is 6.20 Å². The molecule has 68 valence electrons. The first kappa shape index (κ1) is 8.84. The summed E-state index contributed by atoms with van der Waals surface area (Å²) in [6.07, 6.45) is 3.96. The molecule has 2 aromatic heterocycles. The van der Waals surface area contributed by atoms with Crippen LogP contribution in [-0.2, 0) is 5.75 Å². The Morgan fingerprint density at radius 1 is 1.54 bits per heavy atom. The maximum Gasteiger partial charge on any atom is 0.179 e. The van der Waals surface area contributed by atoms with E-state index in [1.165, 1.54) is 0 Å². The average Bonchev–Trinajstić information content (AvgIpc) is 2.51. The molecule has 0 aliphatic heterocycles. The van der Waals surface area contributed by atoms with Crippen LogP contribution in [0.2, 0.25) is 5.02 Å². The van der Waals surface area contributed by atoms with Crippen molar-refractivity contribution < 1.29 is 0 Å². The van der Waals surface area contributed by atoms with E-state index in [-0.39, 0.29) is 0 Å². The van der Waals surface area contributed by atoms with Crippen molar-refractivity contribution >= 4 is 29.0 Å². The fourth-order valence-electron chi connectivity index (χ4n) is 1.16. The van der Waals surface area contributed by atoms with Gasteiger partial charge in [0.2, 0.25) is 0 Å². The predicted octanol–water partition coefficient (Wildman–Crippen LogP) is 2.25. The monoisotopic (exact) mass is 213 g/mol. The van der Waals surface area contributed by atoms with Crippen LogP contribution in [0.3, 0.4) is 0 Å². The Morgan fingerprint density at radius 2 is 2.38 bits per heavy atom. The van der Waals surface area contributed by atoms with E-state index in [0.717, 1.165) is 17.2 Å². The largest absolute Gasteiger partial charge is 0.284 e. The fraction of sp³-hybridized carbons (Fsp3) is 0.250. The first-order chi connectivity index (χ1) is 6.33. The highest BCUT2D eigenvalue weighted by atomic mass is 35.5. The molecule has 0 aliphatic rings. The standard InChI is InChI=1S/C8H8ClN3S/c1-13-5-7-10-11-8-6(9)3-2-4-12(7)8/h2-4H,5H2,1H3. The number of hydrogen-bond acceptors (Lipinski definition) is 3. The van der Waals surface area contributed by atoms with Gasteiger partial charge in [0.1, 0.15) is 5.82 Å². The quantitative estimate of drug-likeness (QED) is 0.767. The third-order valence-corrected chi connectivity index (χ3v) is 2.57. The number of pyridine rings is 1. The molecule has 5 heteroatoms. The van der Waals surface area contributed by atoms with E-state index in [9.17, 15) is 0 Å². The van der Waals surface area contributed by atoms with Crippen molar-refractivity contribution in [1.82, 2.24) is 14.6 Å². The Bertz CT molecular complexity index is 426. The molecule has 0 unspecified atom stereocenters. The van der Waals surface area contributed by atoms with Crippen molar-refractivity contribution in [3.05, 3.63) is 29.2 Å². The number of thioether (sulfide) groups is 1. The van der Waals surface area contributed by atoms with Crippen molar-refractivity contribution in [3.8, 4) is 0 Å². The minimum absolute atomic E-state index is 0.641. The number of halogens is 1. The molecule has 3 nitrogen and oxygen atoms in total. The van der Waals surface area contributed by atoms with Crippen molar-refractivity contribution in [3.63, 3.8) is 0 Å². The molecule has 0 bridgehead atoms. The van der Waals surface area contributed by atoms with Crippen molar-refractivity contribution in [1.29, 1.82) is 0 Å². The molecule has 0 spiro atoms. The zero-order valence-corrected chi connectivity index (χ0v) is 8.64. The minimum atomic E-state index is 0.641. The second-order valence-electron chi connectivity index (χ2n) is 2.60. The lowest BCUT2D eigenvalue weighted by atomic mass is 10.5. The highest BCUT2D eigenvalue weighted by molar-refractivity contribution is 7.97. The SMILES string of the molecule is CSCc1nnc2c(Cl)cccn12. The Balaban J connectivity index is 2.61. The summed E-state index contributed by atoms with van der Waals surface area (Å²) in [7, 11) is 0. The zero-order chi connectivity index (χ0) is 9.26. The van der Waals surface area contributed by atoms with Gasteiger partial charge in [-0.15, -0.1) is 10.2 Å². The maximum atomic E-state index is 5.94. The second-order valence-corrected chi connectivity index (χ2v) is 3.87. The van der Waals surface area contributed by atoms with E-state index in [1.54, 1.807) is 11.8 Å².